The van der Waals surface area contributed by atoms with Crippen LogP contribution in [-0.2, 0) is 9.63 Å². The molecule has 0 amide bonds. The first-order valence-corrected chi connectivity index (χ1v) is 5.54. The van der Waals surface area contributed by atoms with Gasteiger partial charge in [-0.15, -0.1) is 23.2 Å². The average Bonchev–Trinajstić information content (AvgIpc) is 2.18. The minimum Gasteiger partial charge on any atom is -0.364 e. The van der Waals surface area contributed by atoms with E-state index in [1.807, 2.05) is 0 Å². The van der Waals surface area contributed by atoms with Gasteiger partial charge in [0.25, 0.3) is 0 Å². The molecule has 0 aromatic carbocycles. The van der Waals surface area contributed by atoms with E-state index in [-0.39, 0.29) is 5.78 Å². The third-order valence-electron chi connectivity index (χ3n) is 1.36. The number of nitrogens with zero attached hydrogens (tertiary/aromatic N) is 1. The van der Waals surface area contributed by atoms with Crippen LogP contribution in [0.4, 0.5) is 0 Å². The second-order valence-corrected chi connectivity index (χ2v) is 4.49. The van der Waals surface area contributed by atoms with Crippen LogP contribution in [0.2, 0.25) is 0 Å². The Hall–Kier alpha value is -0.580. The summed E-state index contributed by atoms with van der Waals surface area (Å²) >= 11 is 13.9. The quantitative estimate of drug-likeness (QED) is 0.348. The molecule has 0 N–H and O–H groups in total. The molecule has 3 nitrogen and oxygen atoms in total. The number of hydrogen-bond acceptors (Lipinski definition) is 3. The van der Waals surface area contributed by atoms with E-state index in [1.165, 1.54) is 18.4 Å². The highest BCUT2D eigenvalue weighted by Crippen LogP contribution is 2.12. The van der Waals surface area contributed by atoms with Gasteiger partial charge in [0.15, 0.2) is 5.78 Å². The summed E-state index contributed by atoms with van der Waals surface area (Å²) in [4.78, 5) is 15.2. The Kier molecular flexibility index (Phi) is 5.08. The third kappa shape index (κ3) is 4.64. The van der Waals surface area contributed by atoms with Gasteiger partial charge in [0.2, 0.25) is 0 Å². The molecule has 1 aliphatic carbocycles. The molecule has 0 radical (unpaired) electrons. The zero-order chi connectivity index (χ0) is 11.3. The van der Waals surface area contributed by atoms with Gasteiger partial charge in [-0.2, -0.15) is 0 Å². The first-order chi connectivity index (χ1) is 7.09. The normalized spacial score (nSPS) is 19.1. The highest BCUT2D eigenvalue weighted by Gasteiger charge is 2.08. The molecule has 15 heavy (non-hydrogen) atoms. The van der Waals surface area contributed by atoms with Crippen molar-refractivity contribution < 1.29 is 9.63 Å². The van der Waals surface area contributed by atoms with Gasteiger partial charge < -0.3 is 4.84 Å². The molecule has 0 aliphatic heterocycles. The fourth-order valence-electron chi connectivity index (χ4n) is 0.732. The van der Waals surface area contributed by atoms with Crippen molar-refractivity contribution in [1.82, 2.24) is 0 Å². The predicted octanol–water partition coefficient (Wildman–Crippen LogP) is 3.09. The number of carbonyl (C=O) groups excluding carboxylic acids is 1. The van der Waals surface area contributed by atoms with Gasteiger partial charge in [0.05, 0.1) is 4.48 Å². The van der Waals surface area contributed by atoms with E-state index >= 15 is 0 Å². The van der Waals surface area contributed by atoms with Crippen molar-refractivity contribution in [2.45, 2.75) is 4.84 Å². The third-order valence-corrected chi connectivity index (χ3v) is 2.27. The van der Waals surface area contributed by atoms with Crippen molar-refractivity contribution in [2.24, 2.45) is 5.16 Å². The highest BCUT2D eigenvalue weighted by atomic mass is 79.9. The molecule has 0 spiro atoms. The van der Waals surface area contributed by atoms with Crippen LogP contribution in [0.25, 0.3) is 0 Å². The minimum atomic E-state index is -0.629. The summed E-state index contributed by atoms with van der Waals surface area (Å²) in [5, 5.41) is 3.71. The van der Waals surface area contributed by atoms with Gasteiger partial charge in [0, 0.05) is 0 Å². The van der Waals surface area contributed by atoms with Crippen molar-refractivity contribution in [3.63, 3.8) is 0 Å². The lowest BCUT2D eigenvalue weighted by molar-refractivity contribution is -0.110. The molecular formula is C9H6BrCl2NO2. The fourth-order valence-corrected chi connectivity index (χ4v) is 1.22. The molecule has 6 heteroatoms. The second-order valence-electron chi connectivity index (χ2n) is 2.47. The van der Waals surface area contributed by atoms with Crippen LogP contribution in [0.5, 0.6) is 0 Å². The van der Waals surface area contributed by atoms with Crippen LogP contribution in [0.15, 0.2) is 40.2 Å². The van der Waals surface area contributed by atoms with Crippen molar-refractivity contribution in [3.05, 3.63) is 35.0 Å². The molecule has 0 aromatic heterocycles. The van der Waals surface area contributed by atoms with E-state index in [1.54, 1.807) is 12.2 Å². The number of halogens is 3. The standard InChI is InChI=1S/C9H6BrCl2NO2/c10-7-5-6(1-2-8(7)14)13-15-4-3-9(11)12/h1-5,9H. The first-order valence-electron chi connectivity index (χ1n) is 3.88. The predicted molar refractivity (Wildman–Crippen MR) is 64.3 cm³/mol. The van der Waals surface area contributed by atoms with Crippen LogP contribution in [0.1, 0.15) is 0 Å². The molecule has 1 rings (SSSR count). The van der Waals surface area contributed by atoms with Crippen molar-refractivity contribution in [3.8, 4) is 0 Å². The van der Waals surface area contributed by atoms with E-state index in [0.717, 1.165) is 0 Å². The summed E-state index contributed by atoms with van der Waals surface area (Å²) in [6.07, 6.45) is 7.17. The first kappa shape index (κ1) is 12.5. The van der Waals surface area contributed by atoms with Gasteiger partial charge in [0.1, 0.15) is 16.8 Å². The number of alkyl halides is 2. The SMILES string of the molecule is O=C1C=CC(=NOC=CC(Cl)Cl)C=C1Br. The summed E-state index contributed by atoms with van der Waals surface area (Å²) < 4.78 is 0.434. The molecule has 0 fully saturated rings. The highest BCUT2D eigenvalue weighted by molar-refractivity contribution is 9.12. The zero-order valence-corrected chi connectivity index (χ0v) is 10.5. The van der Waals surface area contributed by atoms with E-state index in [2.05, 4.69) is 21.1 Å². The monoisotopic (exact) mass is 309 g/mol. The topological polar surface area (TPSA) is 38.7 Å². The molecule has 0 saturated heterocycles. The van der Waals surface area contributed by atoms with Crippen LogP contribution >= 0.6 is 39.1 Å². The van der Waals surface area contributed by atoms with Crippen LogP contribution in [0.3, 0.4) is 0 Å². The summed E-state index contributed by atoms with van der Waals surface area (Å²) in [5.74, 6) is -0.105. The average molecular weight is 311 g/mol. The minimum absolute atomic E-state index is 0.105. The molecule has 0 bridgehead atoms. The molecule has 80 valence electrons. The molecule has 0 unspecified atom stereocenters. The number of ketones is 1. The lowest BCUT2D eigenvalue weighted by atomic mass is 10.2. The molecule has 0 saturated carbocycles. The van der Waals surface area contributed by atoms with E-state index in [0.29, 0.717) is 10.2 Å². The van der Waals surface area contributed by atoms with Crippen LogP contribution < -0.4 is 0 Å². The van der Waals surface area contributed by atoms with Gasteiger partial charge in [-0.3, -0.25) is 4.79 Å². The summed E-state index contributed by atoms with van der Waals surface area (Å²) in [5.41, 5.74) is 0.520. The maximum Gasteiger partial charge on any atom is 0.192 e. The molecule has 0 atom stereocenters. The van der Waals surface area contributed by atoms with Gasteiger partial charge in [-0.1, -0.05) is 5.16 Å². The van der Waals surface area contributed by atoms with Gasteiger partial charge in [-0.05, 0) is 40.2 Å². The van der Waals surface area contributed by atoms with Crippen molar-refractivity contribution >= 4 is 50.6 Å². The maximum absolute atomic E-state index is 11.0. The maximum atomic E-state index is 11.0. The van der Waals surface area contributed by atoms with E-state index in [4.69, 9.17) is 28.0 Å². The number of oxime groups is 1. The van der Waals surface area contributed by atoms with Crippen LogP contribution in [-0.4, -0.2) is 16.3 Å². The largest absolute Gasteiger partial charge is 0.364 e. The Morgan fingerprint density at radius 1 is 1.47 bits per heavy atom. The number of allylic oxidation sites excluding steroid dienone is 5. The molecule has 0 heterocycles. The Bertz CT molecular complexity index is 372. The number of rotatable bonds is 3. The summed E-state index contributed by atoms with van der Waals surface area (Å²) in [6.45, 7) is 0. The molecule has 1 aliphatic rings. The number of carbonyl (C=O) groups is 1. The zero-order valence-electron chi connectivity index (χ0n) is 7.36. The van der Waals surface area contributed by atoms with Crippen molar-refractivity contribution in [1.29, 1.82) is 0 Å². The smallest absolute Gasteiger partial charge is 0.192 e. The van der Waals surface area contributed by atoms with Crippen LogP contribution in [0, 0.1) is 0 Å². The summed E-state index contributed by atoms with van der Waals surface area (Å²) in [7, 11) is 0. The van der Waals surface area contributed by atoms with E-state index in [9.17, 15) is 4.79 Å². The lowest BCUT2D eigenvalue weighted by Crippen LogP contribution is -2.03. The summed E-state index contributed by atoms with van der Waals surface area (Å²) in [6, 6.07) is 0. The van der Waals surface area contributed by atoms with E-state index < -0.39 is 4.84 Å². The fraction of sp³-hybridized carbons (Fsp3) is 0.111. The Labute approximate surface area is 105 Å². The van der Waals surface area contributed by atoms with Crippen molar-refractivity contribution in [2.75, 3.05) is 0 Å². The Balaban J connectivity index is 2.55. The Morgan fingerprint density at radius 3 is 2.80 bits per heavy atom. The molecular weight excluding hydrogens is 305 g/mol. The van der Waals surface area contributed by atoms with Gasteiger partial charge >= 0.3 is 0 Å². The van der Waals surface area contributed by atoms with Gasteiger partial charge in [-0.25, -0.2) is 0 Å². The number of hydrogen-bond donors (Lipinski definition) is 0. The Morgan fingerprint density at radius 2 is 2.20 bits per heavy atom. The molecule has 0 aromatic rings. The second kappa shape index (κ2) is 6.10. The lowest BCUT2D eigenvalue weighted by Gasteiger charge is -2.00.